The van der Waals surface area contributed by atoms with Crippen LogP contribution in [0.1, 0.15) is 24.0 Å². The Morgan fingerprint density at radius 1 is 1.28 bits per heavy atom. The van der Waals surface area contributed by atoms with E-state index < -0.39 is 0 Å². The zero-order chi connectivity index (χ0) is 21.6. The number of aromatic amines is 1. The van der Waals surface area contributed by atoms with Crippen molar-refractivity contribution in [3.05, 3.63) is 65.7 Å². The van der Waals surface area contributed by atoms with Crippen molar-refractivity contribution in [1.82, 2.24) is 25.8 Å². The second-order valence-corrected chi connectivity index (χ2v) is 7.82. The average molecular weight is 549 g/mol. The summed E-state index contributed by atoms with van der Waals surface area (Å²) in [5.41, 5.74) is 4.19. The molecule has 1 aliphatic heterocycles. The van der Waals surface area contributed by atoms with Crippen molar-refractivity contribution in [2.45, 2.75) is 32.4 Å². The number of rotatable bonds is 5. The summed E-state index contributed by atoms with van der Waals surface area (Å²) in [7, 11) is 1.78. The fourth-order valence-electron chi connectivity index (χ4n) is 4.03. The van der Waals surface area contributed by atoms with Crippen LogP contribution in [0.2, 0.25) is 0 Å². The Kier molecular flexibility index (Phi) is 8.43. The summed E-state index contributed by atoms with van der Waals surface area (Å²) in [5, 5.41) is 13.8. The minimum Gasteiger partial charge on any atom is -0.369 e. The van der Waals surface area contributed by atoms with Gasteiger partial charge in [-0.2, -0.15) is 5.10 Å². The van der Waals surface area contributed by atoms with Crippen LogP contribution in [0.3, 0.4) is 0 Å². The Morgan fingerprint density at radius 3 is 2.91 bits per heavy atom. The van der Waals surface area contributed by atoms with Crippen molar-refractivity contribution in [2.24, 2.45) is 4.99 Å². The zero-order valence-electron chi connectivity index (χ0n) is 18.3. The quantitative estimate of drug-likeness (QED) is 0.256. The first kappa shape index (κ1) is 24.0. The molecule has 3 N–H and O–H groups in total. The number of hydrogen-bond donors (Lipinski definition) is 3. The van der Waals surface area contributed by atoms with Gasteiger partial charge >= 0.3 is 0 Å². The fraction of sp³-hybridized carbons (Fsp3) is 0.348. The predicted molar refractivity (Wildman–Crippen MR) is 137 cm³/mol. The highest BCUT2D eigenvalue weighted by Crippen LogP contribution is 2.24. The largest absolute Gasteiger partial charge is 0.369 e. The molecule has 4 rings (SSSR count). The summed E-state index contributed by atoms with van der Waals surface area (Å²) < 4.78 is 13.5. The van der Waals surface area contributed by atoms with Gasteiger partial charge in [0, 0.05) is 44.0 Å². The molecular formula is C23H29FIN7. The highest BCUT2D eigenvalue weighted by atomic mass is 127. The number of nitrogens with zero attached hydrogens (tertiary/aromatic N) is 4. The summed E-state index contributed by atoms with van der Waals surface area (Å²) >= 11 is 0. The van der Waals surface area contributed by atoms with E-state index in [4.69, 9.17) is 0 Å². The second kappa shape index (κ2) is 11.3. The molecule has 0 spiro atoms. The van der Waals surface area contributed by atoms with Gasteiger partial charge in [0.2, 0.25) is 0 Å². The Balaban J connectivity index is 0.00000289. The smallest absolute Gasteiger partial charge is 0.191 e. The van der Waals surface area contributed by atoms with Gasteiger partial charge in [-0.1, -0.05) is 18.2 Å². The van der Waals surface area contributed by atoms with Gasteiger partial charge in [-0.25, -0.2) is 9.37 Å². The highest BCUT2D eigenvalue weighted by molar-refractivity contribution is 14.0. The minimum atomic E-state index is -0.190. The molecule has 1 atom stereocenters. The van der Waals surface area contributed by atoms with Crippen molar-refractivity contribution in [2.75, 3.05) is 25.0 Å². The monoisotopic (exact) mass is 549 g/mol. The van der Waals surface area contributed by atoms with Crippen molar-refractivity contribution in [3.63, 3.8) is 0 Å². The van der Waals surface area contributed by atoms with E-state index in [-0.39, 0.29) is 35.8 Å². The van der Waals surface area contributed by atoms with Crippen molar-refractivity contribution >= 4 is 35.6 Å². The summed E-state index contributed by atoms with van der Waals surface area (Å²) in [6, 6.07) is 13.4. The van der Waals surface area contributed by atoms with Gasteiger partial charge in [0.05, 0.1) is 0 Å². The predicted octanol–water partition coefficient (Wildman–Crippen LogP) is 3.87. The first-order chi connectivity index (χ1) is 15.1. The molecule has 1 saturated heterocycles. The van der Waals surface area contributed by atoms with Gasteiger partial charge < -0.3 is 15.5 Å². The number of nitrogens with one attached hydrogen (secondary N) is 3. The first-order valence-corrected chi connectivity index (χ1v) is 10.6. The van der Waals surface area contributed by atoms with Crippen LogP contribution in [0.15, 0.2) is 53.8 Å². The molecule has 32 heavy (non-hydrogen) atoms. The number of anilines is 1. The van der Waals surface area contributed by atoms with Gasteiger partial charge in [0.25, 0.3) is 0 Å². The molecular weight excluding hydrogens is 520 g/mol. The molecule has 9 heteroatoms. The summed E-state index contributed by atoms with van der Waals surface area (Å²) in [5.74, 6) is 1.33. The van der Waals surface area contributed by atoms with Crippen LogP contribution in [-0.2, 0) is 6.54 Å². The SMILES string of the molecule is CN=C(NCc1cccc(-c2ncn[nH]2)c1)NC1CCCN(c2ccc(F)cc2C)C1.I. The lowest BCUT2D eigenvalue weighted by Gasteiger charge is -2.36. The van der Waals surface area contributed by atoms with E-state index in [1.807, 2.05) is 25.1 Å². The number of aromatic nitrogens is 3. The molecule has 1 aromatic heterocycles. The Labute approximate surface area is 205 Å². The van der Waals surface area contributed by atoms with E-state index in [1.165, 1.54) is 12.4 Å². The van der Waals surface area contributed by atoms with Gasteiger partial charge in [-0.05, 0) is 55.2 Å². The standard InChI is InChI=1S/C23H28FN7.HI/c1-16-11-19(24)8-9-21(16)31-10-4-7-20(14-31)29-23(25-2)26-13-17-5-3-6-18(12-17)22-27-15-28-30-22;/h3,5-6,8-9,11-12,15,20H,4,7,10,13-14H2,1-2H3,(H2,25,26,29)(H,27,28,30);1H. The lowest BCUT2D eigenvalue weighted by Crippen LogP contribution is -2.51. The molecule has 7 nitrogen and oxygen atoms in total. The zero-order valence-corrected chi connectivity index (χ0v) is 20.6. The van der Waals surface area contributed by atoms with Crippen LogP contribution < -0.4 is 15.5 Å². The molecule has 0 aliphatic carbocycles. The van der Waals surface area contributed by atoms with Crippen LogP contribution in [0.25, 0.3) is 11.4 Å². The normalized spacial score (nSPS) is 16.4. The van der Waals surface area contributed by atoms with Gasteiger partial charge in [0.15, 0.2) is 11.8 Å². The van der Waals surface area contributed by atoms with E-state index in [1.54, 1.807) is 13.1 Å². The molecule has 3 aromatic rings. The van der Waals surface area contributed by atoms with Crippen LogP contribution in [-0.4, -0.2) is 47.3 Å². The van der Waals surface area contributed by atoms with Crippen molar-refractivity contribution < 1.29 is 4.39 Å². The van der Waals surface area contributed by atoms with Gasteiger partial charge in [-0.3, -0.25) is 10.1 Å². The lowest BCUT2D eigenvalue weighted by atomic mass is 10.0. The number of aryl methyl sites for hydroxylation is 1. The maximum absolute atomic E-state index is 13.5. The van der Waals surface area contributed by atoms with Crippen LogP contribution >= 0.6 is 24.0 Å². The number of piperidine rings is 1. The highest BCUT2D eigenvalue weighted by Gasteiger charge is 2.22. The van der Waals surface area contributed by atoms with Crippen molar-refractivity contribution in [1.29, 1.82) is 0 Å². The molecule has 1 aliphatic rings. The molecule has 2 aromatic carbocycles. The molecule has 0 radical (unpaired) electrons. The van der Waals surface area contributed by atoms with E-state index >= 15 is 0 Å². The molecule has 1 unspecified atom stereocenters. The molecule has 170 valence electrons. The third-order valence-corrected chi connectivity index (χ3v) is 5.56. The molecule has 2 heterocycles. The third kappa shape index (κ3) is 5.96. The van der Waals surface area contributed by atoms with Crippen molar-refractivity contribution in [3.8, 4) is 11.4 Å². The minimum absolute atomic E-state index is 0. The molecule has 0 bridgehead atoms. The molecule has 1 fully saturated rings. The van der Waals surface area contributed by atoms with Gasteiger partial charge in [-0.15, -0.1) is 24.0 Å². The summed E-state index contributed by atoms with van der Waals surface area (Å²) in [6.45, 7) is 4.44. The summed E-state index contributed by atoms with van der Waals surface area (Å²) in [4.78, 5) is 10.9. The average Bonchev–Trinajstić information content (AvgIpc) is 3.32. The molecule has 0 saturated carbocycles. The Morgan fingerprint density at radius 2 is 2.16 bits per heavy atom. The topological polar surface area (TPSA) is 81.2 Å². The number of halogens is 2. The second-order valence-electron chi connectivity index (χ2n) is 7.82. The van der Waals surface area contributed by atoms with E-state index in [0.717, 1.165) is 60.1 Å². The number of benzene rings is 2. The fourth-order valence-corrected chi connectivity index (χ4v) is 4.03. The number of H-pyrrole nitrogens is 1. The number of hydrogen-bond acceptors (Lipinski definition) is 4. The summed E-state index contributed by atoms with van der Waals surface area (Å²) in [6.07, 6.45) is 3.65. The van der Waals surface area contributed by atoms with E-state index in [2.05, 4.69) is 47.8 Å². The molecule has 0 amide bonds. The number of aliphatic imine (C=N–C) groups is 1. The van der Waals surface area contributed by atoms with Crippen LogP contribution in [0.4, 0.5) is 10.1 Å². The Hall–Kier alpha value is -2.69. The lowest BCUT2D eigenvalue weighted by molar-refractivity contribution is 0.467. The van der Waals surface area contributed by atoms with Gasteiger partial charge in [0.1, 0.15) is 12.1 Å². The maximum Gasteiger partial charge on any atom is 0.191 e. The third-order valence-electron chi connectivity index (χ3n) is 5.56. The number of guanidine groups is 1. The van der Waals surface area contributed by atoms with E-state index in [0.29, 0.717) is 6.54 Å². The van der Waals surface area contributed by atoms with E-state index in [9.17, 15) is 4.39 Å². The van der Waals surface area contributed by atoms with Crippen LogP contribution in [0, 0.1) is 12.7 Å². The first-order valence-electron chi connectivity index (χ1n) is 10.6. The maximum atomic E-state index is 13.5. The van der Waals surface area contributed by atoms with Crippen LogP contribution in [0.5, 0.6) is 0 Å². The Bertz CT molecular complexity index is 1040.